The zero-order valence-corrected chi connectivity index (χ0v) is 12.8. The Bertz CT molecular complexity index is 367. The Balaban J connectivity index is 2.51. The topological polar surface area (TPSA) is 33.5 Å². The molecule has 0 N–H and O–H groups in total. The minimum atomic E-state index is -0.0651. The first-order valence-electron chi connectivity index (χ1n) is 5.66. The van der Waals surface area contributed by atoms with E-state index in [1.54, 1.807) is 17.0 Å². The number of hydrogen-bond acceptors (Lipinski definition) is 3. The lowest BCUT2D eigenvalue weighted by Gasteiger charge is -2.23. The molecule has 0 bridgehead atoms. The first kappa shape index (κ1) is 14.6. The zero-order valence-electron chi connectivity index (χ0n) is 10.4. The maximum atomic E-state index is 12.0. The molecule has 1 heterocycles. The van der Waals surface area contributed by atoms with E-state index in [-0.39, 0.29) is 11.9 Å². The van der Waals surface area contributed by atoms with Crippen LogP contribution >= 0.6 is 27.7 Å². The molecule has 1 amide bonds. The summed E-state index contributed by atoms with van der Waals surface area (Å²) < 4.78 is 5.85. The molecule has 1 aromatic rings. The Morgan fingerprint density at radius 3 is 2.82 bits per heavy atom. The van der Waals surface area contributed by atoms with Gasteiger partial charge in [-0.1, -0.05) is 6.92 Å². The van der Waals surface area contributed by atoms with Gasteiger partial charge in [0.05, 0.1) is 0 Å². The molecule has 0 aliphatic rings. The molecule has 0 spiro atoms. The van der Waals surface area contributed by atoms with Gasteiger partial charge in [-0.05, 0) is 52.9 Å². The maximum absolute atomic E-state index is 12.0. The highest BCUT2D eigenvalue weighted by molar-refractivity contribution is 9.10. The molecular weight excluding hydrogens is 302 g/mol. The van der Waals surface area contributed by atoms with Crippen LogP contribution in [-0.4, -0.2) is 35.4 Å². The van der Waals surface area contributed by atoms with Crippen molar-refractivity contribution in [1.82, 2.24) is 4.90 Å². The van der Waals surface area contributed by atoms with Crippen LogP contribution < -0.4 is 0 Å². The number of hydrogen-bond donors (Lipinski definition) is 0. The van der Waals surface area contributed by atoms with E-state index in [4.69, 9.17) is 4.42 Å². The van der Waals surface area contributed by atoms with Crippen molar-refractivity contribution in [2.45, 2.75) is 26.3 Å². The molecule has 0 aromatic carbocycles. The molecule has 0 saturated heterocycles. The third-order valence-electron chi connectivity index (χ3n) is 2.65. The van der Waals surface area contributed by atoms with Crippen molar-refractivity contribution in [1.29, 1.82) is 0 Å². The number of rotatable bonds is 6. The van der Waals surface area contributed by atoms with E-state index in [9.17, 15) is 4.79 Å². The number of halogens is 1. The standard InChI is InChI=1S/C12H18BrNO2S/c1-4-17-8-7-9(2)14(3)12(15)10-5-6-11(13)16-10/h5-6,9H,4,7-8H2,1-3H3. The van der Waals surface area contributed by atoms with Crippen molar-refractivity contribution in [3.8, 4) is 0 Å². The summed E-state index contributed by atoms with van der Waals surface area (Å²) in [5, 5.41) is 0. The summed E-state index contributed by atoms with van der Waals surface area (Å²) in [5.74, 6) is 2.52. The van der Waals surface area contributed by atoms with Gasteiger partial charge in [0.15, 0.2) is 10.4 Å². The lowest BCUT2D eigenvalue weighted by atomic mass is 10.2. The Kier molecular flexibility index (Phi) is 6.12. The molecule has 0 fully saturated rings. The highest BCUT2D eigenvalue weighted by atomic mass is 79.9. The summed E-state index contributed by atoms with van der Waals surface area (Å²) in [6.45, 7) is 4.21. The molecule has 1 atom stereocenters. The van der Waals surface area contributed by atoms with Gasteiger partial charge in [0, 0.05) is 13.1 Å². The third kappa shape index (κ3) is 4.39. The van der Waals surface area contributed by atoms with Crippen LogP contribution in [0.15, 0.2) is 21.2 Å². The SMILES string of the molecule is CCSCCC(C)N(C)C(=O)c1ccc(Br)o1. The molecular formula is C12H18BrNO2S. The van der Waals surface area contributed by atoms with Gasteiger partial charge in [0.2, 0.25) is 0 Å². The summed E-state index contributed by atoms with van der Waals surface area (Å²) in [5.41, 5.74) is 0. The molecule has 1 rings (SSSR count). The zero-order chi connectivity index (χ0) is 12.8. The minimum absolute atomic E-state index is 0.0651. The summed E-state index contributed by atoms with van der Waals surface area (Å²) in [6.07, 6.45) is 1.00. The predicted molar refractivity (Wildman–Crippen MR) is 75.6 cm³/mol. The largest absolute Gasteiger partial charge is 0.444 e. The molecule has 5 heteroatoms. The lowest BCUT2D eigenvalue weighted by molar-refractivity contribution is 0.0708. The molecule has 1 unspecified atom stereocenters. The van der Waals surface area contributed by atoms with Gasteiger partial charge < -0.3 is 9.32 Å². The Labute approximate surface area is 115 Å². The highest BCUT2D eigenvalue weighted by Gasteiger charge is 2.19. The molecule has 0 aliphatic heterocycles. The van der Waals surface area contributed by atoms with Crippen LogP contribution in [0.1, 0.15) is 30.8 Å². The Hall–Kier alpha value is -0.420. The predicted octanol–water partition coefficient (Wildman–Crippen LogP) is 3.65. The number of nitrogens with zero attached hydrogens (tertiary/aromatic N) is 1. The summed E-state index contributed by atoms with van der Waals surface area (Å²) in [4.78, 5) is 13.8. The van der Waals surface area contributed by atoms with Gasteiger partial charge >= 0.3 is 0 Å². The van der Waals surface area contributed by atoms with Crippen LogP contribution in [0.5, 0.6) is 0 Å². The van der Waals surface area contributed by atoms with E-state index in [0.717, 1.165) is 17.9 Å². The molecule has 0 saturated carbocycles. The molecule has 0 aliphatic carbocycles. The van der Waals surface area contributed by atoms with Crippen molar-refractivity contribution >= 4 is 33.6 Å². The second-order valence-electron chi connectivity index (χ2n) is 3.85. The van der Waals surface area contributed by atoms with E-state index in [2.05, 4.69) is 29.8 Å². The van der Waals surface area contributed by atoms with Gasteiger partial charge in [0.25, 0.3) is 5.91 Å². The van der Waals surface area contributed by atoms with Crippen LogP contribution in [0.2, 0.25) is 0 Å². The monoisotopic (exact) mass is 319 g/mol. The molecule has 17 heavy (non-hydrogen) atoms. The quantitative estimate of drug-likeness (QED) is 0.750. The van der Waals surface area contributed by atoms with Crippen LogP contribution in [0, 0.1) is 0 Å². The number of carbonyl (C=O) groups excluding carboxylic acids is 1. The second-order valence-corrected chi connectivity index (χ2v) is 6.03. The van der Waals surface area contributed by atoms with Crippen molar-refractivity contribution in [2.24, 2.45) is 0 Å². The van der Waals surface area contributed by atoms with Crippen molar-refractivity contribution in [2.75, 3.05) is 18.6 Å². The van der Waals surface area contributed by atoms with Gasteiger partial charge in [0.1, 0.15) is 0 Å². The fourth-order valence-electron chi connectivity index (χ4n) is 1.40. The van der Waals surface area contributed by atoms with E-state index in [1.165, 1.54) is 0 Å². The van der Waals surface area contributed by atoms with E-state index >= 15 is 0 Å². The first-order valence-corrected chi connectivity index (χ1v) is 7.61. The van der Waals surface area contributed by atoms with Gasteiger partial charge in [-0.2, -0.15) is 11.8 Å². The Morgan fingerprint density at radius 1 is 1.59 bits per heavy atom. The average Bonchev–Trinajstić information content (AvgIpc) is 2.74. The summed E-state index contributed by atoms with van der Waals surface area (Å²) in [7, 11) is 1.82. The van der Waals surface area contributed by atoms with Gasteiger partial charge in [-0.15, -0.1) is 0 Å². The minimum Gasteiger partial charge on any atom is -0.444 e. The first-order chi connectivity index (χ1) is 8.06. The second kappa shape index (κ2) is 7.11. The van der Waals surface area contributed by atoms with Gasteiger partial charge in [-0.3, -0.25) is 4.79 Å². The van der Waals surface area contributed by atoms with Crippen LogP contribution in [0.3, 0.4) is 0 Å². The van der Waals surface area contributed by atoms with Crippen molar-refractivity contribution < 1.29 is 9.21 Å². The fraction of sp³-hybridized carbons (Fsp3) is 0.583. The highest BCUT2D eigenvalue weighted by Crippen LogP contribution is 2.17. The third-order valence-corrected chi connectivity index (χ3v) is 4.01. The smallest absolute Gasteiger partial charge is 0.289 e. The Morgan fingerprint density at radius 2 is 2.29 bits per heavy atom. The summed E-state index contributed by atoms with van der Waals surface area (Å²) >= 11 is 5.09. The number of amides is 1. The number of thioether (sulfide) groups is 1. The lowest BCUT2D eigenvalue weighted by Crippen LogP contribution is -2.35. The summed E-state index contributed by atoms with van der Waals surface area (Å²) in [6, 6.07) is 3.65. The van der Waals surface area contributed by atoms with Crippen LogP contribution in [0.25, 0.3) is 0 Å². The fourth-order valence-corrected chi connectivity index (χ4v) is 2.50. The number of carbonyl (C=O) groups is 1. The van der Waals surface area contributed by atoms with Crippen molar-refractivity contribution in [3.63, 3.8) is 0 Å². The van der Waals surface area contributed by atoms with E-state index < -0.39 is 0 Å². The van der Waals surface area contributed by atoms with E-state index in [1.807, 2.05) is 18.8 Å². The van der Waals surface area contributed by atoms with Crippen LogP contribution in [-0.2, 0) is 0 Å². The molecule has 0 radical (unpaired) electrons. The molecule has 1 aromatic heterocycles. The van der Waals surface area contributed by atoms with Gasteiger partial charge in [-0.25, -0.2) is 0 Å². The van der Waals surface area contributed by atoms with Crippen molar-refractivity contribution in [3.05, 3.63) is 22.6 Å². The average molecular weight is 320 g/mol. The molecule has 96 valence electrons. The molecule has 3 nitrogen and oxygen atoms in total. The maximum Gasteiger partial charge on any atom is 0.289 e. The normalized spacial score (nSPS) is 12.5. The van der Waals surface area contributed by atoms with Crippen LogP contribution in [0.4, 0.5) is 0 Å². The van der Waals surface area contributed by atoms with E-state index in [0.29, 0.717) is 10.4 Å². The number of furan rings is 1.